The molecule has 3 aromatic rings. The van der Waals surface area contributed by atoms with Crippen LogP contribution in [0.3, 0.4) is 0 Å². The van der Waals surface area contributed by atoms with Crippen LogP contribution in [0.2, 0.25) is 0 Å². The van der Waals surface area contributed by atoms with Gasteiger partial charge in [-0.2, -0.15) is 0 Å². The first kappa shape index (κ1) is 17.9. The smallest absolute Gasteiger partial charge is 0.316 e. The molecule has 1 aromatic carbocycles. The van der Waals surface area contributed by atoms with Crippen molar-refractivity contribution in [2.45, 2.75) is 25.8 Å². The summed E-state index contributed by atoms with van der Waals surface area (Å²) in [5, 5.41) is 1.85. The van der Waals surface area contributed by atoms with Crippen LogP contribution in [0, 0.1) is 12.8 Å². The van der Waals surface area contributed by atoms with E-state index in [4.69, 9.17) is 4.74 Å². The summed E-state index contributed by atoms with van der Waals surface area (Å²) in [6.45, 7) is 6.59. The molecule has 0 radical (unpaired) electrons. The topological polar surface area (TPSA) is 52.1 Å². The van der Waals surface area contributed by atoms with Crippen molar-refractivity contribution in [3.05, 3.63) is 41.5 Å². The number of aryl methyl sites for hydroxylation is 1. The minimum atomic E-state index is -0.210. The number of thioether (sulfide) groups is 1. The van der Waals surface area contributed by atoms with Gasteiger partial charge in [0.1, 0.15) is 16.2 Å². The normalized spacial score (nSPS) is 11.2. The second kappa shape index (κ2) is 7.97. The predicted octanol–water partition coefficient (Wildman–Crippen LogP) is 4.96. The van der Waals surface area contributed by atoms with Gasteiger partial charge >= 0.3 is 5.97 Å². The monoisotopic (exact) mass is 372 g/mol. The van der Waals surface area contributed by atoms with E-state index in [2.05, 4.69) is 29.0 Å². The number of hydrogen-bond donors (Lipinski definition) is 0. The Labute approximate surface area is 155 Å². The summed E-state index contributed by atoms with van der Waals surface area (Å²) in [6, 6.07) is 10.2. The van der Waals surface area contributed by atoms with E-state index in [1.54, 1.807) is 17.7 Å². The lowest BCUT2D eigenvalue weighted by atomic mass is 10.0. The number of nitrogens with zero attached hydrogens (tertiary/aromatic N) is 2. The molecule has 0 atom stereocenters. The van der Waals surface area contributed by atoms with E-state index >= 15 is 0 Å². The van der Waals surface area contributed by atoms with Gasteiger partial charge in [0.25, 0.3) is 0 Å². The molecule has 0 aliphatic carbocycles. The SMILES string of the molecule is Cc1sc2ncnc(SCC(=O)OCC(C)C)c2c1-c1ccccc1. The molecule has 2 heterocycles. The highest BCUT2D eigenvalue weighted by Crippen LogP contribution is 2.41. The fourth-order valence-electron chi connectivity index (χ4n) is 2.51. The van der Waals surface area contributed by atoms with E-state index in [1.807, 2.05) is 32.0 Å². The summed E-state index contributed by atoms with van der Waals surface area (Å²) in [7, 11) is 0. The number of thiophene rings is 1. The van der Waals surface area contributed by atoms with Gasteiger partial charge in [-0.15, -0.1) is 11.3 Å². The van der Waals surface area contributed by atoms with Gasteiger partial charge < -0.3 is 4.74 Å². The van der Waals surface area contributed by atoms with Gasteiger partial charge in [0.2, 0.25) is 0 Å². The zero-order valence-electron chi connectivity index (χ0n) is 14.5. The van der Waals surface area contributed by atoms with E-state index < -0.39 is 0 Å². The van der Waals surface area contributed by atoms with Crippen LogP contribution >= 0.6 is 23.1 Å². The lowest BCUT2D eigenvalue weighted by molar-refractivity contribution is -0.141. The Balaban J connectivity index is 1.90. The zero-order valence-corrected chi connectivity index (χ0v) is 16.1. The molecule has 3 rings (SSSR count). The van der Waals surface area contributed by atoms with Gasteiger partial charge in [-0.25, -0.2) is 9.97 Å². The molecule has 0 amide bonds. The fourth-order valence-corrected chi connectivity index (χ4v) is 4.39. The first-order chi connectivity index (χ1) is 12.1. The van der Waals surface area contributed by atoms with E-state index in [0.717, 1.165) is 26.4 Å². The van der Waals surface area contributed by atoms with Crippen molar-refractivity contribution < 1.29 is 9.53 Å². The van der Waals surface area contributed by atoms with Crippen LogP contribution in [-0.2, 0) is 9.53 Å². The Hall–Kier alpha value is -1.92. The molecule has 0 N–H and O–H groups in total. The molecule has 0 unspecified atom stereocenters. The Morgan fingerprint density at radius 1 is 1.24 bits per heavy atom. The average Bonchev–Trinajstić information content (AvgIpc) is 2.95. The predicted molar refractivity (Wildman–Crippen MR) is 104 cm³/mol. The molecule has 0 saturated heterocycles. The molecule has 130 valence electrons. The maximum absolute atomic E-state index is 11.9. The van der Waals surface area contributed by atoms with Crippen LogP contribution < -0.4 is 0 Å². The number of benzene rings is 1. The minimum Gasteiger partial charge on any atom is -0.465 e. The summed E-state index contributed by atoms with van der Waals surface area (Å²) in [6.07, 6.45) is 1.56. The molecule has 0 spiro atoms. The third-order valence-electron chi connectivity index (χ3n) is 3.60. The first-order valence-electron chi connectivity index (χ1n) is 8.14. The van der Waals surface area contributed by atoms with E-state index in [0.29, 0.717) is 12.5 Å². The molecule has 4 nitrogen and oxygen atoms in total. The molecule has 0 fully saturated rings. The van der Waals surface area contributed by atoms with Crippen LogP contribution in [0.15, 0.2) is 41.7 Å². The van der Waals surface area contributed by atoms with Crippen LogP contribution in [0.4, 0.5) is 0 Å². The molecule has 0 aliphatic heterocycles. The zero-order chi connectivity index (χ0) is 17.8. The van der Waals surface area contributed by atoms with Crippen molar-refractivity contribution in [1.82, 2.24) is 9.97 Å². The molecule has 0 aliphatic rings. The number of hydrogen-bond acceptors (Lipinski definition) is 6. The number of esters is 1. The molecule has 0 saturated carbocycles. The number of aromatic nitrogens is 2. The minimum absolute atomic E-state index is 0.210. The summed E-state index contributed by atoms with van der Waals surface area (Å²) in [4.78, 5) is 22.9. The lowest BCUT2D eigenvalue weighted by Gasteiger charge is -2.08. The van der Waals surface area contributed by atoms with Crippen LogP contribution in [-0.4, -0.2) is 28.3 Å². The quantitative estimate of drug-likeness (QED) is 0.348. The van der Waals surface area contributed by atoms with Crippen LogP contribution in [0.5, 0.6) is 0 Å². The number of carbonyl (C=O) groups is 1. The maximum atomic E-state index is 11.9. The van der Waals surface area contributed by atoms with Gasteiger partial charge in [-0.1, -0.05) is 55.9 Å². The summed E-state index contributed by atoms with van der Waals surface area (Å²) in [5.41, 5.74) is 2.30. The second-order valence-electron chi connectivity index (χ2n) is 6.12. The van der Waals surface area contributed by atoms with Crippen molar-refractivity contribution >= 4 is 39.3 Å². The number of rotatable bonds is 6. The van der Waals surface area contributed by atoms with Crippen molar-refractivity contribution in [2.24, 2.45) is 5.92 Å². The fraction of sp³-hybridized carbons (Fsp3) is 0.316. The van der Waals surface area contributed by atoms with Gasteiger partial charge in [-0.05, 0) is 18.4 Å². The highest BCUT2D eigenvalue weighted by Gasteiger charge is 2.18. The molecule has 25 heavy (non-hydrogen) atoms. The third-order valence-corrected chi connectivity index (χ3v) is 5.57. The maximum Gasteiger partial charge on any atom is 0.316 e. The van der Waals surface area contributed by atoms with Gasteiger partial charge in [0.05, 0.1) is 17.7 Å². The van der Waals surface area contributed by atoms with Crippen molar-refractivity contribution in [3.63, 3.8) is 0 Å². The summed E-state index contributed by atoms with van der Waals surface area (Å²) >= 11 is 3.07. The number of fused-ring (bicyclic) bond motifs is 1. The van der Waals surface area contributed by atoms with Crippen molar-refractivity contribution in [1.29, 1.82) is 0 Å². The highest BCUT2D eigenvalue weighted by molar-refractivity contribution is 8.00. The molecule has 2 aromatic heterocycles. The summed E-state index contributed by atoms with van der Waals surface area (Å²) in [5.74, 6) is 0.379. The standard InChI is InChI=1S/C19H20N2O2S2/c1-12(2)9-23-15(22)10-24-18-17-16(14-7-5-4-6-8-14)13(3)25-19(17)21-11-20-18/h4-8,11-12H,9-10H2,1-3H3. The van der Waals surface area contributed by atoms with Crippen molar-refractivity contribution in [3.8, 4) is 11.1 Å². The highest BCUT2D eigenvalue weighted by atomic mass is 32.2. The molecule has 0 bridgehead atoms. The van der Waals surface area contributed by atoms with E-state index in [9.17, 15) is 4.79 Å². The van der Waals surface area contributed by atoms with Crippen molar-refractivity contribution in [2.75, 3.05) is 12.4 Å². The van der Waals surface area contributed by atoms with Gasteiger partial charge in [0.15, 0.2) is 0 Å². The van der Waals surface area contributed by atoms with Crippen LogP contribution in [0.1, 0.15) is 18.7 Å². The Morgan fingerprint density at radius 2 is 2.00 bits per heavy atom. The van der Waals surface area contributed by atoms with E-state index in [1.165, 1.54) is 16.6 Å². The number of ether oxygens (including phenoxy) is 1. The van der Waals surface area contributed by atoms with Gasteiger partial charge in [-0.3, -0.25) is 4.79 Å². The Kier molecular flexibility index (Phi) is 5.71. The Bertz CT molecular complexity index is 876. The van der Waals surface area contributed by atoms with Crippen LogP contribution in [0.25, 0.3) is 21.3 Å². The summed E-state index contributed by atoms with van der Waals surface area (Å²) < 4.78 is 5.26. The molecular weight excluding hydrogens is 352 g/mol. The average molecular weight is 373 g/mol. The molecular formula is C19H20N2O2S2. The third kappa shape index (κ3) is 4.19. The molecule has 6 heteroatoms. The lowest BCUT2D eigenvalue weighted by Crippen LogP contribution is -2.11. The van der Waals surface area contributed by atoms with Gasteiger partial charge in [0, 0.05) is 10.4 Å². The first-order valence-corrected chi connectivity index (χ1v) is 9.94. The van der Waals surface area contributed by atoms with E-state index in [-0.39, 0.29) is 11.7 Å². The number of carbonyl (C=O) groups excluding carboxylic acids is 1. The second-order valence-corrected chi connectivity index (χ2v) is 8.29. The largest absolute Gasteiger partial charge is 0.465 e. The Morgan fingerprint density at radius 3 is 2.72 bits per heavy atom.